The minimum Gasteiger partial charge on any atom is -0.321 e. The van der Waals surface area contributed by atoms with Gasteiger partial charge in [0.05, 0.1) is 11.4 Å². The summed E-state index contributed by atoms with van der Waals surface area (Å²) in [7, 11) is 0. The maximum atomic E-state index is 13.2. The van der Waals surface area contributed by atoms with Crippen molar-refractivity contribution < 1.29 is 14.4 Å². The van der Waals surface area contributed by atoms with Crippen molar-refractivity contribution in [1.82, 2.24) is 10.3 Å². The summed E-state index contributed by atoms with van der Waals surface area (Å²) in [6.45, 7) is 1.87. The van der Waals surface area contributed by atoms with E-state index in [2.05, 4.69) is 36.9 Å². The van der Waals surface area contributed by atoms with Crippen LogP contribution in [0.15, 0.2) is 99.3 Å². The number of anilines is 2. The van der Waals surface area contributed by atoms with Gasteiger partial charge < -0.3 is 16.0 Å². The van der Waals surface area contributed by atoms with E-state index in [-0.39, 0.29) is 23.3 Å². The first-order chi connectivity index (χ1) is 18.4. The summed E-state index contributed by atoms with van der Waals surface area (Å²) in [5.74, 6) is -0.757. The van der Waals surface area contributed by atoms with Crippen LogP contribution in [-0.2, 0) is 9.59 Å². The third kappa shape index (κ3) is 8.14. The van der Waals surface area contributed by atoms with Crippen LogP contribution in [0.1, 0.15) is 21.6 Å². The zero-order chi connectivity index (χ0) is 26.9. The topological polar surface area (TPSA) is 100 Å². The number of thiazole rings is 1. The summed E-state index contributed by atoms with van der Waals surface area (Å²) in [6.07, 6.45) is 1.62. The summed E-state index contributed by atoms with van der Waals surface area (Å²) >= 11 is 6.16. The van der Waals surface area contributed by atoms with Gasteiger partial charge in [-0.2, -0.15) is 0 Å². The molecule has 3 amide bonds. The van der Waals surface area contributed by atoms with Crippen LogP contribution < -0.4 is 16.0 Å². The van der Waals surface area contributed by atoms with Crippen LogP contribution in [0, 0.1) is 6.92 Å². The van der Waals surface area contributed by atoms with Crippen LogP contribution in [-0.4, -0.2) is 28.5 Å². The zero-order valence-corrected chi connectivity index (χ0v) is 23.5. The van der Waals surface area contributed by atoms with Gasteiger partial charge in [-0.25, -0.2) is 4.98 Å². The van der Waals surface area contributed by atoms with Gasteiger partial charge in [-0.1, -0.05) is 46.3 Å². The van der Waals surface area contributed by atoms with Crippen molar-refractivity contribution >= 4 is 73.6 Å². The summed E-state index contributed by atoms with van der Waals surface area (Å²) in [6, 6.07) is 23.2. The van der Waals surface area contributed by atoms with Crippen molar-refractivity contribution in [3.63, 3.8) is 0 Å². The molecule has 7 nitrogen and oxygen atoms in total. The normalized spacial score (nSPS) is 11.1. The number of hydrogen-bond acceptors (Lipinski definition) is 6. The van der Waals surface area contributed by atoms with Crippen molar-refractivity contribution in [2.75, 3.05) is 16.4 Å². The number of nitrogens with zero attached hydrogens (tertiary/aromatic N) is 1. The van der Waals surface area contributed by atoms with Crippen LogP contribution in [0.5, 0.6) is 0 Å². The highest BCUT2D eigenvalue weighted by molar-refractivity contribution is 9.10. The van der Waals surface area contributed by atoms with Crippen LogP contribution in [0.25, 0.3) is 6.08 Å². The van der Waals surface area contributed by atoms with Gasteiger partial charge in [0.1, 0.15) is 5.70 Å². The van der Waals surface area contributed by atoms with Gasteiger partial charge in [-0.05, 0) is 67.1 Å². The molecule has 0 radical (unpaired) electrons. The molecule has 0 aliphatic carbocycles. The Morgan fingerprint density at radius 3 is 2.32 bits per heavy atom. The highest BCUT2D eigenvalue weighted by Crippen LogP contribution is 2.22. The number of carbonyl (C=O) groups excluding carboxylic acids is 3. The lowest BCUT2D eigenvalue weighted by Gasteiger charge is -2.12. The standard InChI is InChI=1S/C28H23BrN4O3S2/c1-18-16-38-28(30-18)33-25(34)17-37-23-13-11-22(12-14-23)31-27(36)24(15-19-7-9-21(29)10-8-19)32-26(35)20-5-3-2-4-6-20/h2-16H,17H2,1H3,(H,31,36)(H,32,35)(H,30,33,34)/b24-15-. The third-order valence-electron chi connectivity index (χ3n) is 5.06. The Morgan fingerprint density at radius 2 is 1.66 bits per heavy atom. The number of rotatable bonds is 9. The average molecular weight is 608 g/mol. The lowest BCUT2D eigenvalue weighted by atomic mass is 10.1. The molecule has 0 spiro atoms. The molecule has 0 saturated heterocycles. The zero-order valence-electron chi connectivity index (χ0n) is 20.2. The van der Waals surface area contributed by atoms with E-state index in [1.165, 1.54) is 23.1 Å². The van der Waals surface area contributed by atoms with Gasteiger partial charge in [0.15, 0.2) is 5.13 Å². The number of aromatic nitrogens is 1. The van der Waals surface area contributed by atoms with Crippen molar-refractivity contribution in [3.05, 3.63) is 111 Å². The van der Waals surface area contributed by atoms with E-state index >= 15 is 0 Å². The molecule has 1 aromatic heterocycles. The van der Waals surface area contributed by atoms with E-state index in [1.54, 1.807) is 42.5 Å². The second-order valence-electron chi connectivity index (χ2n) is 8.04. The molecule has 4 aromatic rings. The SMILES string of the molecule is Cc1csc(NC(=O)CSc2ccc(NC(=O)/C(=C/c3ccc(Br)cc3)NC(=O)c3ccccc3)cc2)n1. The molecule has 192 valence electrons. The van der Waals surface area contributed by atoms with E-state index in [9.17, 15) is 14.4 Å². The van der Waals surface area contributed by atoms with Gasteiger partial charge in [0.2, 0.25) is 5.91 Å². The Balaban J connectivity index is 1.40. The Morgan fingerprint density at radius 1 is 0.947 bits per heavy atom. The molecule has 0 unspecified atom stereocenters. The number of halogens is 1. The maximum absolute atomic E-state index is 13.2. The minimum atomic E-state index is -0.462. The molecule has 3 N–H and O–H groups in total. The fourth-order valence-corrected chi connectivity index (χ4v) is 4.88. The Labute approximate surface area is 236 Å². The molecule has 0 bridgehead atoms. The minimum absolute atomic E-state index is 0.105. The lowest BCUT2D eigenvalue weighted by molar-refractivity contribution is -0.114. The van der Waals surface area contributed by atoms with Gasteiger partial charge in [0, 0.05) is 26.0 Å². The van der Waals surface area contributed by atoms with Gasteiger partial charge in [0.25, 0.3) is 11.8 Å². The second-order valence-corrected chi connectivity index (χ2v) is 10.9. The van der Waals surface area contributed by atoms with Gasteiger partial charge >= 0.3 is 0 Å². The number of aryl methyl sites for hydroxylation is 1. The van der Waals surface area contributed by atoms with E-state index < -0.39 is 5.91 Å². The Bertz CT molecular complexity index is 1450. The van der Waals surface area contributed by atoms with Crippen molar-refractivity contribution in [2.45, 2.75) is 11.8 Å². The number of benzene rings is 3. The molecule has 10 heteroatoms. The highest BCUT2D eigenvalue weighted by atomic mass is 79.9. The van der Waals surface area contributed by atoms with E-state index in [4.69, 9.17) is 0 Å². The molecule has 1 heterocycles. The number of nitrogens with one attached hydrogen (secondary N) is 3. The summed E-state index contributed by atoms with van der Waals surface area (Å²) in [5.41, 5.74) is 2.72. The number of hydrogen-bond donors (Lipinski definition) is 3. The molecule has 0 fully saturated rings. The maximum Gasteiger partial charge on any atom is 0.272 e. The van der Waals surface area contributed by atoms with Crippen molar-refractivity contribution in [2.24, 2.45) is 0 Å². The quantitative estimate of drug-likeness (QED) is 0.152. The molecule has 0 atom stereocenters. The molecule has 38 heavy (non-hydrogen) atoms. The van der Waals surface area contributed by atoms with Crippen LogP contribution in [0.3, 0.4) is 0 Å². The predicted molar refractivity (Wildman–Crippen MR) is 157 cm³/mol. The first-order valence-corrected chi connectivity index (χ1v) is 14.1. The first kappa shape index (κ1) is 27.3. The van der Waals surface area contributed by atoms with Gasteiger partial charge in [-0.15, -0.1) is 23.1 Å². The monoisotopic (exact) mass is 606 g/mol. The molecular formula is C28H23BrN4O3S2. The van der Waals surface area contributed by atoms with Crippen LogP contribution >= 0.6 is 39.0 Å². The largest absolute Gasteiger partial charge is 0.321 e. The summed E-state index contributed by atoms with van der Waals surface area (Å²) < 4.78 is 0.905. The fourth-order valence-electron chi connectivity index (χ4n) is 3.22. The first-order valence-electron chi connectivity index (χ1n) is 11.5. The smallest absolute Gasteiger partial charge is 0.272 e. The molecule has 3 aromatic carbocycles. The van der Waals surface area contributed by atoms with Crippen LogP contribution in [0.2, 0.25) is 0 Å². The predicted octanol–water partition coefficient (Wildman–Crippen LogP) is 6.35. The molecule has 0 saturated carbocycles. The van der Waals surface area contributed by atoms with Gasteiger partial charge in [-0.3, -0.25) is 14.4 Å². The molecule has 4 rings (SSSR count). The number of amides is 3. The van der Waals surface area contributed by atoms with E-state index in [1.807, 2.05) is 54.8 Å². The summed E-state index contributed by atoms with van der Waals surface area (Å²) in [5, 5.41) is 10.8. The second kappa shape index (κ2) is 13.2. The molecule has 0 aliphatic rings. The number of carbonyl (C=O) groups is 3. The molecular weight excluding hydrogens is 584 g/mol. The van der Waals surface area contributed by atoms with Crippen molar-refractivity contribution in [1.29, 1.82) is 0 Å². The fraction of sp³-hybridized carbons (Fsp3) is 0.0714. The Hall–Kier alpha value is -3.73. The molecule has 0 aliphatic heterocycles. The average Bonchev–Trinajstić information content (AvgIpc) is 3.33. The number of thioether (sulfide) groups is 1. The lowest BCUT2D eigenvalue weighted by Crippen LogP contribution is -2.30. The summed E-state index contributed by atoms with van der Waals surface area (Å²) in [4.78, 5) is 43.2. The highest BCUT2D eigenvalue weighted by Gasteiger charge is 2.15. The Kier molecular flexibility index (Phi) is 9.47. The van der Waals surface area contributed by atoms with E-state index in [0.717, 1.165) is 20.6 Å². The third-order valence-corrected chi connectivity index (χ3v) is 7.47. The van der Waals surface area contributed by atoms with E-state index in [0.29, 0.717) is 16.4 Å². The van der Waals surface area contributed by atoms with Crippen LogP contribution in [0.4, 0.5) is 10.8 Å². The van der Waals surface area contributed by atoms with Crippen molar-refractivity contribution in [3.8, 4) is 0 Å².